The third kappa shape index (κ3) is 12.0. The van der Waals surface area contributed by atoms with Crippen molar-refractivity contribution in [1.82, 2.24) is 39.9 Å². The van der Waals surface area contributed by atoms with E-state index < -0.39 is 32.7 Å². The summed E-state index contributed by atoms with van der Waals surface area (Å²) in [4.78, 5) is 38.0. The van der Waals surface area contributed by atoms with E-state index in [1.807, 2.05) is 48.0 Å². The Morgan fingerprint density at radius 3 is 2.24 bits per heavy atom. The molecule has 0 unspecified atom stereocenters. The van der Waals surface area contributed by atoms with Gasteiger partial charge in [0.2, 0.25) is 5.91 Å². The normalized spacial score (nSPS) is 11.4. The number of nitrogens with one attached hydrogen (secondary N) is 2. The zero-order chi connectivity index (χ0) is 38.2. The summed E-state index contributed by atoms with van der Waals surface area (Å²) < 4.78 is 32.6. The molecule has 6 aromatic rings. The van der Waals surface area contributed by atoms with Gasteiger partial charge in [-0.2, -0.15) is 12.6 Å². The van der Waals surface area contributed by atoms with Crippen LogP contribution in [0.2, 0.25) is 0 Å². The third-order valence-electron chi connectivity index (χ3n) is 7.49. The quantitative estimate of drug-likeness (QED) is 0.110. The van der Waals surface area contributed by atoms with Crippen LogP contribution in [0.25, 0.3) is 39.4 Å². The van der Waals surface area contributed by atoms with Crippen LogP contribution in [0.4, 0.5) is 0 Å². The molecule has 0 aliphatic heterocycles. The number of nitrogens with zero attached hydrogens (tertiary/aromatic N) is 6. The van der Waals surface area contributed by atoms with Crippen molar-refractivity contribution in [3.8, 4) is 33.8 Å². The van der Waals surface area contributed by atoms with E-state index >= 15 is 0 Å². The van der Waals surface area contributed by atoms with Crippen molar-refractivity contribution >= 4 is 121 Å². The number of H-pyrrole nitrogens is 1. The Morgan fingerprint density at radius 1 is 1.06 bits per heavy atom. The third-order valence-corrected chi connectivity index (χ3v) is 9.15. The Kier molecular flexibility index (Phi) is 18.1. The number of hydrogen-bond acceptors (Lipinski definition) is 13. The molecule has 54 heavy (non-hydrogen) atoms. The maximum absolute atomic E-state index is 12.2. The first-order valence-electron chi connectivity index (χ1n) is 15.6. The van der Waals surface area contributed by atoms with Crippen molar-refractivity contribution in [3.63, 3.8) is 0 Å². The average Bonchev–Trinajstić information content (AvgIpc) is 3.79. The number of aromatic nitrogens is 7. The second kappa shape index (κ2) is 20.7. The minimum absolute atomic E-state index is 0. The number of nitrogens with two attached hydrogens (primary N) is 1. The molecule has 0 radical (unpaired) electrons. The summed E-state index contributed by atoms with van der Waals surface area (Å²) in [6.07, 6.45) is 3.25. The summed E-state index contributed by atoms with van der Waals surface area (Å²) in [5, 5.41) is 25.6. The standard InChI is InChI=1S/C19H18N2O4S.C10H8N6O.C5H11NO2S.K.Na.2H/c1-3-17(22)21-26(23,24)16-11-9-14(10-12-16)18-13(2)25-20-19(18)15-7-5-4-6-8-15;1-6-3-2-4-16-9(6)11-5-7(10(16)17)8-12-14-15-13-8;1-5(2,9)3(6)4(7)8;;;;/h4-12H,3H2,1-2H3,(H,21,22);2-5H,1H3,(H,12,13,14,15);3,9H,6H2,1-2H3,(H,7,8);;;;/t;;3-;;;;/m..0..../s1. The number of benzene rings is 2. The molecule has 0 bridgehead atoms. The van der Waals surface area contributed by atoms with Gasteiger partial charge in [0.1, 0.15) is 28.7 Å². The zero-order valence-corrected chi connectivity index (χ0v) is 30.5. The van der Waals surface area contributed by atoms with Crippen molar-refractivity contribution < 1.29 is 27.6 Å². The van der Waals surface area contributed by atoms with Crippen LogP contribution in [-0.4, -0.2) is 152 Å². The number of aliphatic carboxylic acids is 1. The molecule has 0 saturated carbocycles. The molecule has 2 aromatic carbocycles. The summed E-state index contributed by atoms with van der Waals surface area (Å²) >= 11 is 3.98. The molecule has 0 spiro atoms. The molecule has 4 aromatic heterocycles. The molecule has 1 amide bonds. The van der Waals surface area contributed by atoms with Gasteiger partial charge >= 0.3 is 86.9 Å². The summed E-state index contributed by atoms with van der Waals surface area (Å²) in [6, 6.07) is 18.7. The van der Waals surface area contributed by atoms with Gasteiger partial charge in [-0.05, 0) is 67.4 Å². The predicted octanol–water partition coefficient (Wildman–Crippen LogP) is 2.52. The number of aryl methyl sites for hydroxylation is 2. The van der Waals surface area contributed by atoms with Crippen molar-refractivity contribution in [2.75, 3.05) is 0 Å². The molecule has 4 heterocycles. The Labute approximate surface area is 381 Å². The molecule has 6 rings (SSSR count). The van der Waals surface area contributed by atoms with E-state index in [9.17, 15) is 22.8 Å². The van der Waals surface area contributed by atoms with E-state index in [0.717, 1.165) is 22.3 Å². The number of amides is 1. The Balaban J connectivity index is 0.000000310. The van der Waals surface area contributed by atoms with Gasteiger partial charge in [-0.15, -0.1) is 5.10 Å². The molecule has 1 atom stereocenters. The van der Waals surface area contributed by atoms with Gasteiger partial charge in [-0.3, -0.25) is 18.8 Å². The predicted molar refractivity (Wildman–Crippen MR) is 210 cm³/mol. The number of carbonyl (C=O) groups is 2. The van der Waals surface area contributed by atoms with E-state index in [-0.39, 0.29) is 97.8 Å². The molecular weight excluding hydrogens is 773 g/mol. The Morgan fingerprint density at radius 2 is 1.70 bits per heavy atom. The maximum atomic E-state index is 12.2. The second-order valence-corrected chi connectivity index (χ2v) is 14.7. The van der Waals surface area contributed by atoms with Gasteiger partial charge in [-0.25, -0.2) is 23.2 Å². The molecular formula is C34H39KN9NaO7S2. The molecule has 20 heteroatoms. The number of carboxylic acids is 1. The first kappa shape index (κ1) is 47.1. The molecule has 276 valence electrons. The zero-order valence-electron chi connectivity index (χ0n) is 28.8. The van der Waals surface area contributed by atoms with Crippen molar-refractivity contribution in [2.24, 2.45) is 5.73 Å². The average molecular weight is 812 g/mol. The fourth-order valence-electron chi connectivity index (χ4n) is 4.57. The number of fused-ring (bicyclic) bond motifs is 1. The van der Waals surface area contributed by atoms with Crippen LogP contribution in [0, 0.1) is 13.8 Å². The fourth-order valence-corrected chi connectivity index (χ4v) is 5.74. The topological polar surface area (TPSA) is 241 Å². The van der Waals surface area contributed by atoms with Crippen LogP contribution in [-0.2, 0) is 19.6 Å². The van der Waals surface area contributed by atoms with Crippen LogP contribution in [0.3, 0.4) is 0 Å². The van der Waals surface area contributed by atoms with Crippen molar-refractivity contribution in [1.29, 1.82) is 0 Å². The number of tetrazole rings is 1. The number of hydrogen-bond donors (Lipinski definition) is 5. The number of thiol groups is 1. The molecule has 0 aliphatic rings. The number of pyridine rings is 1. The number of sulfonamides is 1. The van der Waals surface area contributed by atoms with Crippen LogP contribution in [0.15, 0.2) is 93.3 Å². The summed E-state index contributed by atoms with van der Waals surface area (Å²) in [5.74, 6) is -0.609. The number of carbonyl (C=O) groups excluding carboxylic acids is 1. The second-order valence-electron chi connectivity index (χ2n) is 11.8. The van der Waals surface area contributed by atoms with Gasteiger partial charge in [0.15, 0.2) is 5.82 Å². The Hall–Kier alpha value is -3.08. The van der Waals surface area contributed by atoms with Crippen LogP contribution in [0.5, 0.6) is 0 Å². The van der Waals surface area contributed by atoms with E-state index in [4.69, 9.17) is 15.4 Å². The molecule has 5 N–H and O–H groups in total. The minimum atomic E-state index is -3.87. The molecule has 0 fully saturated rings. The van der Waals surface area contributed by atoms with Crippen LogP contribution in [0.1, 0.15) is 38.5 Å². The van der Waals surface area contributed by atoms with Crippen LogP contribution >= 0.6 is 12.6 Å². The number of aromatic amines is 1. The van der Waals surface area contributed by atoms with E-state index in [2.05, 4.69) is 43.4 Å². The number of rotatable bonds is 8. The van der Waals surface area contributed by atoms with E-state index in [1.165, 1.54) is 22.7 Å². The van der Waals surface area contributed by atoms with Gasteiger partial charge in [0.25, 0.3) is 15.6 Å². The summed E-state index contributed by atoms with van der Waals surface area (Å²) in [6.45, 7) is 8.62. The Bertz CT molecular complexity index is 2330. The van der Waals surface area contributed by atoms with Crippen molar-refractivity contribution in [3.05, 3.63) is 101 Å². The van der Waals surface area contributed by atoms with Crippen molar-refractivity contribution in [2.45, 2.75) is 56.7 Å². The van der Waals surface area contributed by atoms with E-state index in [1.54, 1.807) is 52.1 Å². The summed E-state index contributed by atoms with van der Waals surface area (Å²) in [7, 11) is -3.87. The molecule has 16 nitrogen and oxygen atoms in total. The van der Waals surface area contributed by atoms with Gasteiger partial charge in [0.05, 0.1) is 10.5 Å². The van der Waals surface area contributed by atoms with Gasteiger partial charge in [-0.1, -0.05) is 60.6 Å². The van der Waals surface area contributed by atoms with E-state index in [0.29, 0.717) is 28.5 Å². The first-order chi connectivity index (χ1) is 24.5. The fraction of sp³-hybridized carbons (Fsp3) is 0.235. The molecule has 0 saturated heterocycles. The van der Waals surface area contributed by atoms with Crippen LogP contribution < -0.4 is 16.0 Å². The van der Waals surface area contributed by atoms with Gasteiger partial charge in [0, 0.05) is 29.1 Å². The number of carboxylic acid groups (broad SMARTS) is 1. The monoisotopic (exact) mass is 811 g/mol. The SMILES string of the molecule is CC(C)(S)[C@@H](N)C(=O)O.CCC(=O)NS(=O)(=O)c1ccc(-c2c(-c3ccccc3)noc2C)cc1.Cc1cccn2c(=O)c(-c3nnn[nH]3)cnc12.[KH].[NaH]. The molecule has 0 aliphatic carbocycles. The summed E-state index contributed by atoms with van der Waals surface area (Å²) in [5.41, 5.74) is 10.1. The van der Waals surface area contributed by atoms with Gasteiger partial charge < -0.3 is 15.4 Å². The first-order valence-corrected chi connectivity index (χ1v) is 17.6.